The molecule has 25 heavy (non-hydrogen) atoms. The van der Waals surface area contributed by atoms with Crippen LogP contribution in [0.1, 0.15) is 43.7 Å². The number of esters is 1. The van der Waals surface area contributed by atoms with Crippen LogP contribution in [0.4, 0.5) is 0 Å². The Morgan fingerprint density at radius 1 is 0.960 bits per heavy atom. The lowest BCUT2D eigenvalue weighted by Crippen LogP contribution is -2.40. The van der Waals surface area contributed by atoms with Gasteiger partial charge in [-0.15, -0.1) is 0 Å². The first-order valence-corrected chi connectivity index (χ1v) is 8.64. The van der Waals surface area contributed by atoms with Crippen LogP contribution in [0, 0.1) is 5.41 Å². The molecule has 2 aromatic carbocycles. The zero-order valence-corrected chi connectivity index (χ0v) is 14.5. The van der Waals surface area contributed by atoms with Crippen LogP contribution in [0.5, 0.6) is 0 Å². The third kappa shape index (κ3) is 2.72. The van der Waals surface area contributed by atoms with E-state index in [1.54, 1.807) is 13.8 Å². The fourth-order valence-corrected chi connectivity index (χ4v) is 3.66. The molecule has 3 rings (SSSR count). The fraction of sp³-hybridized carbons (Fsp3) is 0.333. The molecular formula is C21H22O4. The van der Waals surface area contributed by atoms with E-state index in [2.05, 4.69) is 12.1 Å². The predicted molar refractivity (Wildman–Crippen MR) is 95.3 cm³/mol. The van der Waals surface area contributed by atoms with E-state index in [0.29, 0.717) is 0 Å². The van der Waals surface area contributed by atoms with E-state index < -0.39 is 17.4 Å². The number of hydrogen-bond donors (Lipinski definition) is 1. The number of rotatable bonds is 6. The molecule has 0 spiro atoms. The zero-order valence-electron chi connectivity index (χ0n) is 14.5. The van der Waals surface area contributed by atoms with Crippen molar-refractivity contribution in [2.24, 2.45) is 5.41 Å². The molecule has 0 radical (unpaired) electrons. The summed E-state index contributed by atoms with van der Waals surface area (Å²) in [4.78, 5) is 24.2. The first-order chi connectivity index (χ1) is 12.0. The molecule has 0 amide bonds. The highest BCUT2D eigenvalue weighted by Gasteiger charge is 2.45. The van der Waals surface area contributed by atoms with E-state index in [0.717, 1.165) is 22.3 Å². The summed E-state index contributed by atoms with van der Waals surface area (Å²) in [7, 11) is 0. The maximum atomic E-state index is 12.5. The van der Waals surface area contributed by atoms with Crippen LogP contribution in [0.15, 0.2) is 48.5 Å². The number of ether oxygens (including phenoxy) is 1. The summed E-state index contributed by atoms with van der Waals surface area (Å²) in [6.45, 7) is 3.57. The minimum Gasteiger partial charge on any atom is -0.480 e. The number of carboxylic acids is 1. The van der Waals surface area contributed by atoms with E-state index in [1.165, 1.54) is 0 Å². The van der Waals surface area contributed by atoms with Crippen LogP contribution in [-0.4, -0.2) is 23.7 Å². The molecule has 1 aliphatic carbocycles. The molecule has 0 saturated heterocycles. The summed E-state index contributed by atoms with van der Waals surface area (Å²) in [5.41, 5.74) is 3.07. The van der Waals surface area contributed by atoms with Gasteiger partial charge in [0.25, 0.3) is 0 Å². The normalized spacial score (nSPS) is 13.2. The summed E-state index contributed by atoms with van der Waals surface area (Å²) in [5, 5.41) is 9.50. The minimum absolute atomic E-state index is 0.0587. The number of carbonyl (C=O) groups is 2. The van der Waals surface area contributed by atoms with Crippen molar-refractivity contribution in [1.29, 1.82) is 0 Å². The Balaban J connectivity index is 1.87. The molecule has 4 heteroatoms. The summed E-state index contributed by atoms with van der Waals surface area (Å²) in [5.74, 6) is -1.82. The molecule has 1 aliphatic rings. The van der Waals surface area contributed by atoms with Gasteiger partial charge in [-0.3, -0.25) is 9.59 Å². The molecule has 0 aromatic heterocycles. The molecule has 0 aliphatic heterocycles. The van der Waals surface area contributed by atoms with Gasteiger partial charge in [0.1, 0.15) is 6.61 Å². The molecule has 4 nitrogen and oxygen atoms in total. The molecular weight excluding hydrogens is 316 g/mol. The highest BCUT2D eigenvalue weighted by Crippen LogP contribution is 2.44. The average Bonchev–Trinajstić information content (AvgIpc) is 2.95. The summed E-state index contributed by atoms with van der Waals surface area (Å²) < 4.78 is 5.53. The zero-order chi connectivity index (χ0) is 18.0. The van der Waals surface area contributed by atoms with Crippen molar-refractivity contribution in [3.63, 3.8) is 0 Å². The van der Waals surface area contributed by atoms with Crippen LogP contribution < -0.4 is 0 Å². The molecule has 0 unspecified atom stereocenters. The lowest BCUT2D eigenvalue weighted by molar-refractivity contribution is -0.169. The number of aliphatic carboxylic acids is 1. The van der Waals surface area contributed by atoms with E-state index in [-0.39, 0.29) is 25.4 Å². The first kappa shape index (κ1) is 17.2. The van der Waals surface area contributed by atoms with Crippen molar-refractivity contribution in [2.75, 3.05) is 6.61 Å². The number of fused-ring (bicyclic) bond motifs is 3. The van der Waals surface area contributed by atoms with Crippen LogP contribution in [0.2, 0.25) is 0 Å². The topological polar surface area (TPSA) is 63.6 Å². The van der Waals surface area contributed by atoms with Gasteiger partial charge in [0.05, 0.1) is 0 Å². The Bertz CT molecular complexity index is 760. The van der Waals surface area contributed by atoms with Crippen molar-refractivity contribution in [3.05, 3.63) is 59.7 Å². The summed E-state index contributed by atoms with van der Waals surface area (Å²) in [6.07, 6.45) is 0.436. The van der Waals surface area contributed by atoms with E-state index in [4.69, 9.17) is 4.74 Å². The molecule has 2 aromatic rings. The highest BCUT2D eigenvalue weighted by atomic mass is 16.5. The van der Waals surface area contributed by atoms with E-state index in [9.17, 15) is 14.7 Å². The van der Waals surface area contributed by atoms with Gasteiger partial charge < -0.3 is 9.84 Å². The standard InChI is InChI=1S/C21H22O4/c1-3-21(4-2,19(22)23)20(24)25-13-18-16-11-7-5-9-14(16)15-10-6-8-12-17(15)18/h5-12,18H,3-4,13H2,1-2H3,(H,22,23). The van der Waals surface area contributed by atoms with Crippen molar-refractivity contribution >= 4 is 11.9 Å². The molecule has 0 saturated carbocycles. The first-order valence-electron chi connectivity index (χ1n) is 8.64. The number of benzene rings is 2. The van der Waals surface area contributed by atoms with E-state index in [1.807, 2.05) is 36.4 Å². The monoisotopic (exact) mass is 338 g/mol. The number of carbonyl (C=O) groups excluding carboxylic acids is 1. The lowest BCUT2D eigenvalue weighted by Gasteiger charge is -2.25. The Morgan fingerprint density at radius 3 is 1.88 bits per heavy atom. The SMILES string of the molecule is CCC(CC)(C(=O)O)C(=O)OCC1c2ccccc2-c2ccccc21. The van der Waals surface area contributed by atoms with Crippen molar-refractivity contribution < 1.29 is 19.4 Å². The third-order valence-electron chi connectivity index (χ3n) is 5.35. The van der Waals surface area contributed by atoms with Gasteiger partial charge in [-0.05, 0) is 35.1 Å². The van der Waals surface area contributed by atoms with Gasteiger partial charge in [0.15, 0.2) is 5.41 Å². The summed E-state index contributed by atoms with van der Waals surface area (Å²) in [6, 6.07) is 16.1. The Labute approximate surface area is 147 Å². The maximum absolute atomic E-state index is 12.5. The smallest absolute Gasteiger partial charge is 0.323 e. The lowest BCUT2D eigenvalue weighted by atomic mass is 9.82. The molecule has 0 bridgehead atoms. The molecule has 0 atom stereocenters. The van der Waals surface area contributed by atoms with Gasteiger partial charge in [-0.1, -0.05) is 62.4 Å². The highest BCUT2D eigenvalue weighted by molar-refractivity contribution is 5.99. The maximum Gasteiger partial charge on any atom is 0.323 e. The second kappa shape index (κ2) is 6.71. The average molecular weight is 338 g/mol. The van der Waals surface area contributed by atoms with Crippen molar-refractivity contribution in [3.8, 4) is 11.1 Å². The second-order valence-electron chi connectivity index (χ2n) is 6.42. The van der Waals surface area contributed by atoms with Crippen molar-refractivity contribution in [2.45, 2.75) is 32.6 Å². The minimum atomic E-state index is -1.46. The molecule has 1 N–H and O–H groups in total. The van der Waals surface area contributed by atoms with Gasteiger partial charge in [0.2, 0.25) is 0 Å². The van der Waals surface area contributed by atoms with E-state index >= 15 is 0 Å². The van der Waals surface area contributed by atoms with Gasteiger partial charge >= 0.3 is 11.9 Å². The van der Waals surface area contributed by atoms with Crippen molar-refractivity contribution in [1.82, 2.24) is 0 Å². The Kier molecular flexibility index (Phi) is 4.62. The van der Waals surface area contributed by atoms with Crippen LogP contribution >= 0.6 is 0 Å². The number of carboxylic acid groups (broad SMARTS) is 1. The van der Waals surface area contributed by atoms with Gasteiger partial charge in [-0.2, -0.15) is 0 Å². The Hall–Kier alpha value is -2.62. The predicted octanol–water partition coefficient (Wildman–Crippen LogP) is 4.23. The largest absolute Gasteiger partial charge is 0.480 e. The molecule has 0 heterocycles. The quantitative estimate of drug-likeness (QED) is 0.632. The molecule has 0 fully saturated rings. The van der Waals surface area contributed by atoms with Crippen LogP contribution in [0.25, 0.3) is 11.1 Å². The van der Waals surface area contributed by atoms with Gasteiger partial charge in [0, 0.05) is 5.92 Å². The van der Waals surface area contributed by atoms with Gasteiger partial charge in [-0.25, -0.2) is 0 Å². The molecule has 130 valence electrons. The van der Waals surface area contributed by atoms with Crippen LogP contribution in [0.3, 0.4) is 0 Å². The fourth-order valence-electron chi connectivity index (χ4n) is 3.66. The Morgan fingerprint density at radius 2 is 1.44 bits per heavy atom. The van der Waals surface area contributed by atoms with Crippen LogP contribution in [-0.2, 0) is 14.3 Å². The number of hydrogen-bond acceptors (Lipinski definition) is 3. The second-order valence-corrected chi connectivity index (χ2v) is 6.42. The summed E-state index contributed by atoms with van der Waals surface area (Å²) >= 11 is 0. The third-order valence-corrected chi connectivity index (χ3v) is 5.35.